The zero-order chi connectivity index (χ0) is 11.8. The highest BCUT2D eigenvalue weighted by molar-refractivity contribution is 7.89. The summed E-state index contributed by atoms with van der Waals surface area (Å²) in [4.78, 5) is 3.87. The number of anilines is 1. The molecule has 1 aromatic heterocycles. The summed E-state index contributed by atoms with van der Waals surface area (Å²) in [6.07, 6.45) is 4.48. The van der Waals surface area contributed by atoms with E-state index in [4.69, 9.17) is 5.84 Å². The van der Waals surface area contributed by atoms with Crippen molar-refractivity contribution in [2.75, 3.05) is 5.43 Å². The van der Waals surface area contributed by atoms with Crippen molar-refractivity contribution in [1.29, 1.82) is 0 Å². The topological polar surface area (TPSA) is 97.1 Å². The van der Waals surface area contributed by atoms with Crippen molar-refractivity contribution in [3.05, 3.63) is 18.5 Å². The van der Waals surface area contributed by atoms with Gasteiger partial charge in [0.25, 0.3) is 0 Å². The van der Waals surface area contributed by atoms with Gasteiger partial charge < -0.3 is 5.43 Å². The van der Waals surface area contributed by atoms with Crippen molar-refractivity contribution in [3.63, 3.8) is 0 Å². The SMILES string of the molecule is CC1(NS(=O)(=O)c2cnccc2NN)CC1. The van der Waals surface area contributed by atoms with E-state index in [-0.39, 0.29) is 10.4 Å². The van der Waals surface area contributed by atoms with Gasteiger partial charge in [-0.3, -0.25) is 10.8 Å². The number of rotatable bonds is 4. The molecule has 0 amide bonds. The van der Waals surface area contributed by atoms with E-state index in [1.807, 2.05) is 6.92 Å². The molecule has 0 spiro atoms. The average Bonchev–Trinajstić information content (AvgIpc) is 2.95. The molecule has 16 heavy (non-hydrogen) atoms. The van der Waals surface area contributed by atoms with Crippen LogP contribution in [0.2, 0.25) is 0 Å². The van der Waals surface area contributed by atoms with Crippen LogP contribution in [0.15, 0.2) is 23.4 Å². The first kappa shape index (κ1) is 11.3. The maximum absolute atomic E-state index is 12.0. The van der Waals surface area contributed by atoms with Gasteiger partial charge in [0.1, 0.15) is 4.90 Å². The highest BCUT2D eigenvalue weighted by Crippen LogP contribution is 2.36. The molecule has 1 aromatic rings. The number of hydrazine groups is 1. The quantitative estimate of drug-likeness (QED) is 0.517. The summed E-state index contributed by atoms with van der Waals surface area (Å²) in [6, 6.07) is 1.52. The average molecular weight is 242 g/mol. The van der Waals surface area contributed by atoms with Crippen LogP contribution >= 0.6 is 0 Å². The molecular weight excluding hydrogens is 228 g/mol. The summed E-state index contributed by atoms with van der Waals surface area (Å²) in [5.74, 6) is 5.26. The highest BCUT2D eigenvalue weighted by Gasteiger charge is 2.41. The Bertz CT molecular complexity index is 496. The van der Waals surface area contributed by atoms with E-state index < -0.39 is 10.0 Å². The van der Waals surface area contributed by atoms with E-state index >= 15 is 0 Å². The summed E-state index contributed by atoms with van der Waals surface area (Å²) < 4.78 is 26.7. The zero-order valence-electron chi connectivity index (χ0n) is 8.90. The predicted molar refractivity (Wildman–Crippen MR) is 60.0 cm³/mol. The molecule has 0 aliphatic heterocycles. The third-order valence-electron chi connectivity index (χ3n) is 2.61. The third kappa shape index (κ3) is 2.16. The maximum Gasteiger partial charge on any atom is 0.244 e. The fourth-order valence-electron chi connectivity index (χ4n) is 1.38. The van der Waals surface area contributed by atoms with Gasteiger partial charge in [0.2, 0.25) is 10.0 Å². The third-order valence-corrected chi connectivity index (χ3v) is 4.28. The molecule has 1 aliphatic rings. The van der Waals surface area contributed by atoms with Gasteiger partial charge in [0.05, 0.1) is 5.69 Å². The van der Waals surface area contributed by atoms with Crippen molar-refractivity contribution in [1.82, 2.24) is 9.71 Å². The molecule has 7 heteroatoms. The minimum absolute atomic E-state index is 0.0747. The predicted octanol–water partition coefficient (Wildman–Crippen LogP) is 0.198. The van der Waals surface area contributed by atoms with Crippen LogP contribution in [-0.2, 0) is 10.0 Å². The molecule has 88 valence electrons. The lowest BCUT2D eigenvalue weighted by Gasteiger charge is -2.14. The van der Waals surface area contributed by atoms with Gasteiger partial charge in [-0.25, -0.2) is 13.1 Å². The van der Waals surface area contributed by atoms with Gasteiger partial charge in [-0.05, 0) is 25.8 Å². The van der Waals surface area contributed by atoms with E-state index in [0.717, 1.165) is 12.8 Å². The van der Waals surface area contributed by atoms with Gasteiger partial charge in [-0.2, -0.15) is 0 Å². The van der Waals surface area contributed by atoms with Crippen LogP contribution in [-0.4, -0.2) is 18.9 Å². The molecule has 4 N–H and O–H groups in total. The standard InChI is InChI=1S/C9H14N4O2S/c1-9(3-4-9)13-16(14,15)8-6-11-5-2-7(8)12-10/h2,5-6,13H,3-4,10H2,1H3,(H,11,12). The Morgan fingerprint density at radius 2 is 2.19 bits per heavy atom. The van der Waals surface area contributed by atoms with Crippen LogP contribution in [0.5, 0.6) is 0 Å². The van der Waals surface area contributed by atoms with E-state index in [1.54, 1.807) is 0 Å². The maximum atomic E-state index is 12.0. The van der Waals surface area contributed by atoms with Crippen molar-refractivity contribution in [2.45, 2.75) is 30.2 Å². The Labute approximate surface area is 94.3 Å². The molecule has 0 aromatic carbocycles. The number of nitrogens with two attached hydrogens (primary N) is 1. The van der Waals surface area contributed by atoms with Crippen molar-refractivity contribution >= 4 is 15.7 Å². The molecule has 1 aliphatic carbocycles. The highest BCUT2D eigenvalue weighted by atomic mass is 32.2. The Morgan fingerprint density at radius 3 is 2.75 bits per heavy atom. The molecule has 0 bridgehead atoms. The number of aromatic nitrogens is 1. The van der Waals surface area contributed by atoms with Gasteiger partial charge >= 0.3 is 0 Å². The number of nitrogen functional groups attached to an aromatic ring is 1. The van der Waals surface area contributed by atoms with Crippen LogP contribution < -0.4 is 16.0 Å². The number of hydrogen-bond donors (Lipinski definition) is 3. The van der Waals surface area contributed by atoms with Crippen molar-refractivity contribution in [2.24, 2.45) is 5.84 Å². The number of sulfonamides is 1. The second-order valence-electron chi connectivity index (χ2n) is 4.18. The number of hydrogen-bond acceptors (Lipinski definition) is 5. The molecule has 0 unspecified atom stereocenters. The van der Waals surface area contributed by atoms with E-state index in [2.05, 4.69) is 15.1 Å². The van der Waals surface area contributed by atoms with Crippen LogP contribution in [0.1, 0.15) is 19.8 Å². The van der Waals surface area contributed by atoms with Crippen molar-refractivity contribution in [3.8, 4) is 0 Å². The Balaban J connectivity index is 2.35. The minimum atomic E-state index is -3.55. The normalized spacial score (nSPS) is 18.1. The molecule has 0 atom stereocenters. The van der Waals surface area contributed by atoms with Gasteiger partial charge in [0, 0.05) is 17.9 Å². The summed E-state index contributed by atoms with van der Waals surface area (Å²) in [5.41, 5.74) is 2.38. The Morgan fingerprint density at radius 1 is 1.50 bits per heavy atom. The Kier molecular flexibility index (Phi) is 2.61. The smallest absolute Gasteiger partial charge is 0.244 e. The molecule has 1 fully saturated rings. The summed E-state index contributed by atoms with van der Waals surface area (Å²) in [6.45, 7) is 1.87. The first-order valence-corrected chi connectivity index (χ1v) is 6.40. The van der Waals surface area contributed by atoms with E-state index in [9.17, 15) is 8.42 Å². The first-order chi connectivity index (χ1) is 7.47. The molecule has 0 radical (unpaired) electrons. The lowest BCUT2D eigenvalue weighted by molar-refractivity contribution is 0.558. The van der Waals surface area contributed by atoms with Gasteiger partial charge in [-0.15, -0.1) is 0 Å². The molecule has 1 heterocycles. The molecular formula is C9H14N4O2S. The first-order valence-electron chi connectivity index (χ1n) is 4.91. The second kappa shape index (κ2) is 3.69. The van der Waals surface area contributed by atoms with Crippen LogP contribution in [0, 0.1) is 0 Å². The van der Waals surface area contributed by atoms with E-state index in [1.165, 1.54) is 18.5 Å². The number of nitrogens with zero attached hydrogens (tertiary/aromatic N) is 1. The monoisotopic (exact) mass is 242 g/mol. The summed E-state index contributed by atoms with van der Waals surface area (Å²) in [7, 11) is -3.55. The second-order valence-corrected chi connectivity index (χ2v) is 5.83. The van der Waals surface area contributed by atoms with Crippen molar-refractivity contribution < 1.29 is 8.42 Å². The molecule has 0 saturated heterocycles. The molecule has 1 saturated carbocycles. The summed E-state index contributed by atoms with van der Waals surface area (Å²) in [5, 5.41) is 0. The lowest BCUT2D eigenvalue weighted by atomic mass is 10.4. The molecule has 6 nitrogen and oxygen atoms in total. The fraction of sp³-hybridized carbons (Fsp3) is 0.444. The fourth-order valence-corrected chi connectivity index (χ4v) is 2.96. The van der Waals surface area contributed by atoms with Crippen LogP contribution in [0.4, 0.5) is 5.69 Å². The summed E-state index contributed by atoms with van der Waals surface area (Å²) >= 11 is 0. The number of pyridine rings is 1. The minimum Gasteiger partial charge on any atom is -0.323 e. The van der Waals surface area contributed by atoms with E-state index in [0.29, 0.717) is 5.69 Å². The Hall–Kier alpha value is -1.18. The van der Waals surface area contributed by atoms with Crippen LogP contribution in [0.25, 0.3) is 0 Å². The van der Waals surface area contributed by atoms with Crippen LogP contribution in [0.3, 0.4) is 0 Å². The zero-order valence-corrected chi connectivity index (χ0v) is 9.71. The molecule has 2 rings (SSSR count). The largest absolute Gasteiger partial charge is 0.323 e. The van der Waals surface area contributed by atoms with Gasteiger partial charge in [0.15, 0.2) is 0 Å². The number of nitrogens with one attached hydrogen (secondary N) is 2. The van der Waals surface area contributed by atoms with Gasteiger partial charge in [-0.1, -0.05) is 0 Å². The lowest BCUT2D eigenvalue weighted by Crippen LogP contribution is -2.34.